The van der Waals surface area contributed by atoms with Crippen molar-refractivity contribution in [2.75, 3.05) is 55.8 Å². The highest BCUT2D eigenvalue weighted by atomic mass is 35.5. The zero-order valence-electron chi connectivity index (χ0n) is 23.9. The van der Waals surface area contributed by atoms with E-state index >= 15 is 4.39 Å². The first kappa shape index (κ1) is 38.1. The Morgan fingerprint density at radius 2 is 1.91 bits per heavy atom. The Bertz CT molecular complexity index is 1390. The van der Waals surface area contributed by atoms with E-state index in [1.165, 1.54) is 29.2 Å². The van der Waals surface area contributed by atoms with Crippen LogP contribution in [0.2, 0.25) is 4.34 Å². The van der Waals surface area contributed by atoms with Crippen LogP contribution >= 0.6 is 47.8 Å². The molecule has 3 heterocycles. The van der Waals surface area contributed by atoms with Crippen LogP contribution in [0.1, 0.15) is 28.9 Å². The highest BCUT2D eigenvalue weighted by Gasteiger charge is 2.38. The molecule has 2 atom stereocenters. The first-order chi connectivity index (χ1) is 20.6. The molecule has 0 unspecified atom stereocenters. The molecule has 0 bridgehead atoms. The van der Waals surface area contributed by atoms with E-state index in [0.29, 0.717) is 42.4 Å². The number of carbonyl (C=O) groups is 5. The maximum absolute atomic E-state index is 15.2. The van der Waals surface area contributed by atoms with Gasteiger partial charge in [0.05, 0.1) is 34.6 Å². The Balaban J connectivity index is 0.00000353. The lowest BCUT2D eigenvalue weighted by Gasteiger charge is -2.27. The van der Waals surface area contributed by atoms with Crippen molar-refractivity contribution in [2.45, 2.75) is 31.4 Å². The summed E-state index contributed by atoms with van der Waals surface area (Å²) in [5, 5.41) is 0. The van der Waals surface area contributed by atoms with Gasteiger partial charge in [-0.3, -0.25) is 29.0 Å². The molecule has 0 spiro atoms. The third-order valence-corrected chi connectivity index (χ3v) is 7.94. The minimum atomic E-state index is -1.04. The number of nitrogens with zero attached hydrogens (tertiary/aromatic N) is 3. The van der Waals surface area contributed by atoms with Crippen LogP contribution in [0.5, 0.6) is 0 Å². The van der Waals surface area contributed by atoms with Crippen LogP contribution in [0.4, 0.5) is 20.6 Å². The molecule has 248 valence electrons. The minimum absolute atomic E-state index is 0. The van der Waals surface area contributed by atoms with E-state index in [0.717, 1.165) is 27.2 Å². The quantitative estimate of drug-likeness (QED) is 0.246. The molecule has 4 rings (SSSR count). The largest absolute Gasteiger partial charge is 0.454 e. The summed E-state index contributed by atoms with van der Waals surface area (Å²) in [6.45, 7) is -0.487. The predicted octanol–water partition coefficient (Wildman–Crippen LogP) is 2.74. The van der Waals surface area contributed by atoms with Gasteiger partial charge in [0.1, 0.15) is 24.6 Å². The van der Waals surface area contributed by atoms with Crippen molar-refractivity contribution >= 4 is 88.9 Å². The molecule has 18 heteroatoms. The van der Waals surface area contributed by atoms with Crippen molar-refractivity contribution in [3.63, 3.8) is 0 Å². The monoisotopic (exact) mass is 711 g/mol. The number of ether oxygens (including phenoxy) is 3. The molecular weight excluding hydrogens is 680 g/mol. The predicted molar refractivity (Wildman–Crippen MR) is 169 cm³/mol. The molecule has 4 N–H and O–H groups in total. The summed E-state index contributed by atoms with van der Waals surface area (Å²) in [4.78, 5) is 66.9. The fourth-order valence-electron chi connectivity index (χ4n) is 4.50. The molecule has 1 aromatic heterocycles. The van der Waals surface area contributed by atoms with Gasteiger partial charge in [-0.05, 0) is 49.7 Å². The highest BCUT2D eigenvalue weighted by molar-refractivity contribution is 7.18. The second-order valence-corrected chi connectivity index (χ2v) is 11.5. The van der Waals surface area contributed by atoms with Gasteiger partial charge in [0, 0.05) is 12.2 Å². The fraction of sp³-hybridized carbons (Fsp3) is 0.444. The topological polar surface area (TPSA) is 175 Å². The Hall–Kier alpha value is -3.05. The lowest BCUT2D eigenvalue weighted by molar-refractivity contribution is -0.152. The van der Waals surface area contributed by atoms with Crippen molar-refractivity contribution in [3.8, 4) is 0 Å². The highest BCUT2D eigenvalue weighted by Crippen LogP contribution is 2.30. The standard InChI is InChI=1S/C27H31ClFN5O8S.2ClH/c28-22-7-6-21(43-22)25(37)34(24(36)15-41-26(38)19(31)3-1-2-8-30)13-17-12-33(27(39)42-17)20-5-4-16(11-18(20)29)32-9-10-40-14-23(32)35;;/h4-7,11,17,19H,1-3,8-10,12-15,30-31H2;2*1H/t17-,19+;;/m1../s1. The van der Waals surface area contributed by atoms with E-state index in [2.05, 4.69) is 0 Å². The molecule has 0 aliphatic carbocycles. The van der Waals surface area contributed by atoms with Crippen LogP contribution < -0.4 is 21.3 Å². The van der Waals surface area contributed by atoms with E-state index < -0.39 is 55.0 Å². The summed E-state index contributed by atoms with van der Waals surface area (Å²) < 4.78 is 31.0. The second kappa shape index (κ2) is 17.6. The molecule has 1 aromatic carbocycles. The van der Waals surface area contributed by atoms with Gasteiger partial charge < -0.3 is 30.6 Å². The van der Waals surface area contributed by atoms with Crippen LogP contribution in [-0.4, -0.2) is 92.8 Å². The normalized spacial score (nSPS) is 16.8. The molecule has 0 radical (unpaired) electrons. The second-order valence-electron chi connectivity index (χ2n) is 9.76. The summed E-state index contributed by atoms with van der Waals surface area (Å²) in [6.07, 6.45) is -0.347. The third-order valence-electron chi connectivity index (χ3n) is 6.72. The average molecular weight is 713 g/mol. The molecule has 2 saturated heterocycles. The number of cyclic esters (lactones) is 1. The number of halogens is 4. The van der Waals surface area contributed by atoms with E-state index in [9.17, 15) is 24.0 Å². The van der Waals surface area contributed by atoms with Crippen molar-refractivity contribution < 1.29 is 42.6 Å². The van der Waals surface area contributed by atoms with Crippen LogP contribution in [0.15, 0.2) is 30.3 Å². The zero-order valence-corrected chi connectivity index (χ0v) is 27.1. The summed E-state index contributed by atoms with van der Waals surface area (Å²) in [5.74, 6) is -3.53. The van der Waals surface area contributed by atoms with Crippen LogP contribution in [-0.2, 0) is 28.6 Å². The number of imide groups is 1. The van der Waals surface area contributed by atoms with Gasteiger partial charge in [-0.25, -0.2) is 9.18 Å². The van der Waals surface area contributed by atoms with Crippen molar-refractivity contribution in [3.05, 3.63) is 45.4 Å². The van der Waals surface area contributed by atoms with E-state index in [1.54, 1.807) is 0 Å². The number of hydrogen-bond acceptors (Lipinski definition) is 11. The molecule has 2 aliphatic rings. The SMILES string of the molecule is Cl.Cl.NCCCC[C@H](N)C(=O)OCC(=O)N(C[C@H]1CN(c2ccc(N3CCOCC3=O)cc2F)C(=O)O1)C(=O)c1ccc(Cl)s1. The molecule has 0 saturated carbocycles. The van der Waals surface area contributed by atoms with E-state index in [1.807, 2.05) is 0 Å². The smallest absolute Gasteiger partial charge is 0.414 e. The van der Waals surface area contributed by atoms with Gasteiger partial charge >= 0.3 is 12.1 Å². The third kappa shape index (κ3) is 9.72. The average Bonchev–Trinajstić information content (AvgIpc) is 3.59. The number of rotatable bonds is 12. The number of nitrogens with two attached hydrogens (primary N) is 2. The summed E-state index contributed by atoms with van der Waals surface area (Å²) in [5.41, 5.74) is 11.5. The van der Waals surface area contributed by atoms with Gasteiger partial charge in [0.25, 0.3) is 17.7 Å². The Kier molecular flexibility index (Phi) is 14.9. The van der Waals surface area contributed by atoms with Crippen molar-refractivity contribution in [2.24, 2.45) is 11.5 Å². The first-order valence-electron chi connectivity index (χ1n) is 13.5. The molecule has 45 heavy (non-hydrogen) atoms. The Morgan fingerprint density at radius 3 is 2.56 bits per heavy atom. The van der Waals surface area contributed by atoms with E-state index in [-0.39, 0.29) is 61.0 Å². The number of morpholine rings is 1. The van der Waals surface area contributed by atoms with Crippen LogP contribution in [0.3, 0.4) is 0 Å². The van der Waals surface area contributed by atoms with E-state index in [4.69, 9.17) is 37.3 Å². The lowest BCUT2D eigenvalue weighted by atomic mass is 10.1. The van der Waals surface area contributed by atoms with Crippen molar-refractivity contribution in [1.82, 2.24) is 4.90 Å². The first-order valence-corrected chi connectivity index (χ1v) is 14.7. The molecular formula is C27H33Cl3FN5O8S. The van der Waals surface area contributed by atoms with Crippen molar-refractivity contribution in [1.29, 1.82) is 0 Å². The molecule has 13 nitrogen and oxygen atoms in total. The summed E-state index contributed by atoms with van der Waals surface area (Å²) in [7, 11) is 0. The number of hydrogen-bond donors (Lipinski definition) is 2. The number of anilines is 2. The zero-order chi connectivity index (χ0) is 31.1. The van der Waals surface area contributed by atoms with Gasteiger partial charge in [-0.15, -0.1) is 36.2 Å². The van der Waals surface area contributed by atoms with Gasteiger partial charge in [-0.2, -0.15) is 0 Å². The molecule has 2 fully saturated rings. The van der Waals surface area contributed by atoms with Crippen LogP contribution in [0, 0.1) is 5.82 Å². The fourth-order valence-corrected chi connectivity index (χ4v) is 5.49. The van der Waals surface area contributed by atoms with Crippen LogP contribution in [0.25, 0.3) is 0 Å². The number of amides is 4. The molecule has 4 amide bonds. The number of carbonyl (C=O) groups excluding carboxylic acids is 5. The van der Waals surface area contributed by atoms with Gasteiger partial charge in [0.2, 0.25) is 0 Å². The summed E-state index contributed by atoms with van der Waals surface area (Å²) in [6, 6.07) is 5.92. The number of esters is 1. The summed E-state index contributed by atoms with van der Waals surface area (Å²) >= 11 is 6.90. The maximum Gasteiger partial charge on any atom is 0.414 e. The number of thiophene rings is 1. The maximum atomic E-state index is 15.2. The number of unbranched alkanes of at least 4 members (excludes halogenated alkanes) is 1. The minimum Gasteiger partial charge on any atom is -0.454 e. The Morgan fingerprint density at radius 1 is 1.16 bits per heavy atom. The molecule has 2 aromatic rings. The van der Waals surface area contributed by atoms with Gasteiger partial charge in [0.15, 0.2) is 6.61 Å². The Labute approximate surface area is 279 Å². The molecule has 2 aliphatic heterocycles. The number of benzene rings is 1. The van der Waals surface area contributed by atoms with Gasteiger partial charge in [-0.1, -0.05) is 18.0 Å². The lowest BCUT2D eigenvalue weighted by Crippen LogP contribution is -2.45.